The van der Waals surface area contributed by atoms with Crippen LogP contribution in [0, 0.1) is 0 Å². The SMILES string of the molecule is CN(C(=O)C(F)(F)F)c1ccc2nc(Cc3ccccc3)oc2c1. The predicted molar refractivity (Wildman–Crippen MR) is 82.7 cm³/mol. The molecule has 0 bridgehead atoms. The summed E-state index contributed by atoms with van der Waals surface area (Å²) in [4.78, 5) is 16.2. The van der Waals surface area contributed by atoms with Gasteiger partial charge in [-0.1, -0.05) is 30.3 Å². The number of carbonyl (C=O) groups is 1. The zero-order valence-corrected chi connectivity index (χ0v) is 12.7. The number of rotatable bonds is 3. The van der Waals surface area contributed by atoms with Crippen molar-refractivity contribution in [1.29, 1.82) is 0 Å². The summed E-state index contributed by atoms with van der Waals surface area (Å²) in [5.74, 6) is -1.48. The van der Waals surface area contributed by atoms with E-state index in [0.717, 1.165) is 12.6 Å². The fourth-order valence-electron chi connectivity index (χ4n) is 2.32. The molecule has 0 fully saturated rings. The standard InChI is InChI=1S/C17H13F3N2O2/c1-22(16(23)17(18,19)20)12-7-8-13-14(10-12)24-15(21-13)9-11-5-3-2-4-6-11/h2-8,10H,9H2,1H3. The Balaban J connectivity index is 1.88. The predicted octanol–water partition coefficient (Wildman–Crippen LogP) is 3.94. The van der Waals surface area contributed by atoms with Gasteiger partial charge in [0.1, 0.15) is 5.52 Å². The summed E-state index contributed by atoms with van der Waals surface area (Å²) in [5.41, 5.74) is 1.96. The van der Waals surface area contributed by atoms with Gasteiger partial charge >= 0.3 is 12.1 Å². The molecule has 0 atom stereocenters. The lowest BCUT2D eigenvalue weighted by Crippen LogP contribution is -2.38. The molecule has 124 valence electrons. The van der Waals surface area contributed by atoms with Crippen LogP contribution in [0.4, 0.5) is 18.9 Å². The first-order valence-corrected chi connectivity index (χ1v) is 7.13. The van der Waals surface area contributed by atoms with E-state index in [2.05, 4.69) is 4.98 Å². The van der Waals surface area contributed by atoms with E-state index in [-0.39, 0.29) is 5.69 Å². The molecule has 0 N–H and O–H groups in total. The van der Waals surface area contributed by atoms with Crippen molar-refractivity contribution in [2.24, 2.45) is 0 Å². The van der Waals surface area contributed by atoms with Crippen LogP contribution >= 0.6 is 0 Å². The van der Waals surface area contributed by atoms with E-state index in [1.165, 1.54) is 18.2 Å². The molecular formula is C17H13F3N2O2. The lowest BCUT2D eigenvalue weighted by molar-refractivity contribution is -0.170. The minimum Gasteiger partial charge on any atom is -0.440 e. The summed E-state index contributed by atoms with van der Waals surface area (Å²) in [6.07, 6.45) is -4.45. The molecule has 0 saturated heterocycles. The van der Waals surface area contributed by atoms with Crippen LogP contribution in [0.15, 0.2) is 52.9 Å². The topological polar surface area (TPSA) is 46.3 Å². The Kier molecular flexibility index (Phi) is 4.01. The molecule has 3 aromatic rings. The maximum Gasteiger partial charge on any atom is 0.471 e. The number of halogens is 3. The maximum absolute atomic E-state index is 12.5. The number of hydrogen-bond donors (Lipinski definition) is 0. The van der Waals surface area contributed by atoms with Gasteiger partial charge in [0, 0.05) is 25.2 Å². The highest BCUT2D eigenvalue weighted by Crippen LogP contribution is 2.26. The van der Waals surface area contributed by atoms with Gasteiger partial charge in [-0.2, -0.15) is 13.2 Å². The number of amides is 1. The maximum atomic E-state index is 12.5. The van der Waals surface area contributed by atoms with Gasteiger partial charge in [0.05, 0.1) is 0 Å². The van der Waals surface area contributed by atoms with Gasteiger partial charge in [-0.15, -0.1) is 0 Å². The van der Waals surface area contributed by atoms with Gasteiger partial charge < -0.3 is 9.32 Å². The Hall–Kier alpha value is -2.83. The average Bonchev–Trinajstić information content (AvgIpc) is 2.94. The summed E-state index contributed by atoms with van der Waals surface area (Å²) in [6.45, 7) is 0. The van der Waals surface area contributed by atoms with Gasteiger partial charge in [0.2, 0.25) is 0 Å². The highest BCUT2D eigenvalue weighted by Gasteiger charge is 2.41. The van der Waals surface area contributed by atoms with E-state index >= 15 is 0 Å². The van der Waals surface area contributed by atoms with E-state index in [1.807, 2.05) is 30.3 Å². The third kappa shape index (κ3) is 3.24. The van der Waals surface area contributed by atoms with Crippen molar-refractivity contribution in [2.75, 3.05) is 11.9 Å². The fraction of sp³-hybridized carbons (Fsp3) is 0.176. The van der Waals surface area contributed by atoms with Crippen LogP contribution in [-0.2, 0) is 11.2 Å². The lowest BCUT2D eigenvalue weighted by atomic mass is 10.1. The summed E-state index contributed by atoms with van der Waals surface area (Å²) >= 11 is 0. The Morgan fingerprint density at radius 3 is 2.54 bits per heavy atom. The molecule has 2 aromatic carbocycles. The molecule has 1 heterocycles. The van der Waals surface area contributed by atoms with Crippen molar-refractivity contribution in [1.82, 2.24) is 4.98 Å². The van der Waals surface area contributed by atoms with E-state index in [9.17, 15) is 18.0 Å². The van der Waals surface area contributed by atoms with E-state index in [4.69, 9.17) is 4.42 Å². The summed E-state index contributed by atoms with van der Waals surface area (Å²) in [5, 5.41) is 0. The van der Waals surface area contributed by atoms with Crippen LogP contribution in [0.3, 0.4) is 0 Å². The zero-order chi connectivity index (χ0) is 17.3. The van der Waals surface area contributed by atoms with Crippen molar-refractivity contribution in [3.8, 4) is 0 Å². The number of nitrogens with zero attached hydrogens (tertiary/aromatic N) is 2. The minimum absolute atomic E-state index is 0.0900. The Morgan fingerprint density at radius 1 is 1.17 bits per heavy atom. The average molecular weight is 334 g/mol. The van der Waals surface area contributed by atoms with Gasteiger partial charge in [0.25, 0.3) is 0 Å². The molecule has 3 rings (SSSR count). The van der Waals surface area contributed by atoms with Crippen LogP contribution in [-0.4, -0.2) is 24.1 Å². The molecule has 0 unspecified atom stereocenters. The van der Waals surface area contributed by atoms with E-state index in [1.54, 1.807) is 0 Å². The molecule has 0 aliphatic heterocycles. The van der Waals surface area contributed by atoms with Crippen LogP contribution in [0.2, 0.25) is 0 Å². The van der Waals surface area contributed by atoms with Crippen molar-refractivity contribution in [3.63, 3.8) is 0 Å². The molecule has 0 aliphatic carbocycles. The molecule has 24 heavy (non-hydrogen) atoms. The summed E-state index contributed by atoms with van der Waals surface area (Å²) in [7, 11) is 1.07. The Bertz CT molecular complexity index is 872. The molecule has 1 aromatic heterocycles. The van der Waals surface area contributed by atoms with Crippen LogP contribution in [0.5, 0.6) is 0 Å². The number of alkyl halides is 3. The summed E-state index contributed by atoms with van der Waals surface area (Å²) in [6, 6.07) is 13.9. The van der Waals surface area contributed by atoms with Gasteiger partial charge in [-0.05, 0) is 17.7 Å². The first-order chi connectivity index (χ1) is 11.3. The largest absolute Gasteiger partial charge is 0.471 e. The fourth-order valence-corrected chi connectivity index (χ4v) is 2.32. The van der Waals surface area contributed by atoms with Gasteiger partial charge in [-0.3, -0.25) is 4.79 Å². The minimum atomic E-state index is -4.93. The normalized spacial score (nSPS) is 11.7. The van der Waals surface area contributed by atoms with Crippen molar-refractivity contribution in [3.05, 3.63) is 60.0 Å². The monoisotopic (exact) mass is 334 g/mol. The van der Waals surface area contributed by atoms with Crippen molar-refractivity contribution >= 4 is 22.7 Å². The van der Waals surface area contributed by atoms with E-state index < -0.39 is 12.1 Å². The number of benzene rings is 2. The molecule has 1 amide bonds. The number of hydrogen-bond acceptors (Lipinski definition) is 3. The molecule has 4 nitrogen and oxygen atoms in total. The second-order valence-electron chi connectivity index (χ2n) is 5.28. The van der Waals surface area contributed by atoms with Gasteiger partial charge in [0.15, 0.2) is 11.5 Å². The molecule has 0 saturated carbocycles. The Labute approximate surface area is 135 Å². The quantitative estimate of drug-likeness (QED) is 0.729. The van der Waals surface area contributed by atoms with Crippen LogP contribution < -0.4 is 4.90 Å². The van der Waals surface area contributed by atoms with Crippen LogP contribution in [0.1, 0.15) is 11.5 Å². The first kappa shape index (κ1) is 16.0. The van der Waals surface area contributed by atoms with Crippen LogP contribution in [0.25, 0.3) is 11.1 Å². The number of oxazole rings is 1. The van der Waals surface area contributed by atoms with Gasteiger partial charge in [-0.25, -0.2) is 4.98 Å². The number of anilines is 1. The third-order valence-corrected chi connectivity index (χ3v) is 3.55. The number of fused-ring (bicyclic) bond motifs is 1. The molecule has 0 aliphatic rings. The van der Waals surface area contributed by atoms with Crippen molar-refractivity contribution in [2.45, 2.75) is 12.6 Å². The van der Waals surface area contributed by atoms with E-state index in [0.29, 0.717) is 28.3 Å². The number of aromatic nitrogens is 1. The first-order valence-electron chi connectivity index (χ1n) is 7.13. The second kappa shape index (κ2) is 5.99. The summed E-state index contributed by atoms with van der Waals surface area (Å²) < 4.78 is 43.2. The number of carbonyl (C=O) groups excluding carboxylic acids is 1. The highest BCUT2D eigenvalue weighted by atomic mass is 19.4. The highest BCUT2D eigenvalue weighted by molar-refractivity contribution is 5.98. The van der Waals surface area contributed by atoms with Crippen molar-refractivity contribution < 1.29 is 22.4 Å². The molecule has 7 heteroatoms. The molecular weight excluding hydrogens is 321 g/mol. The second-order valence-corrected chi connectivity index (χ2v) is 5.28. The molecule has 0 radical (unpaired) electrons. The lowest BCUT2D eigenvalue weighted by Gasteiger charge is -2.18. The zero-order valence-electron chi connectivity index (χ0n) is 12.7. The molecule has 0 spiro atoms. The third-order valence-electron chi connectivity index (χ3n) is 3.55. The smallest absolute Gasteiger partial charge is 0.440 e. The Morgan fingerprint density at radius 2 is 1.88 bits per heavy atom.